The van der Waals surface area contributed by atoms with E-state index in [1.807, 2.05) is 0 Å². The Bertz CT molecular complexity index is 308. The largest absolute Gasteiger partial charge is 0.494 e. The van der Waals surface area contributed by atoms with Crippen LogP contribution in [-0.4, -0.2) is 19.8 Å². The van der Waals surface area contributed by atoms with Gasteiger partial charge in [-0.05, 0) is 31.9 Å². The Balaban J connectivity index is 0.000000187. The highest BCUT2D eigenvalue weighted by atomic mass is 19.1. The van der Waals surface area contributed by atoms with Gasteiger partial charge in [0.15, 0.2) is 11.6 Å². The van der Waals surface area contributed by atoms with Gasteiger partial charge >= 0.3 is 0 Å². The highest BCUT2D eigenvalue weighted by molar-refractivity contribution is 5.29. The molecule has 0 N–H and O–H groups in total. The Labute approximate surface area is 90.0 Å². The predicted molar refractivity (Wildman–Crippen MR) is 57.7 cm³/mol. The molecule has 0 amide bonds. The van der Waals surface area contributed by atoms with Crippen LogP contribution in [-0.2, 0) is 4.74 Å². The average Bonchev–Trinajstić information content (AvgIpc) is 2.20. The summed E-state index contributed by atoms with van der Waals surface area (Å²) in [5, 5.41) is 0. The summed E-state index contributed by atoms with van der Waals surface area (Å²) in [7, 11) is 1.46. The number of rotatable bonds is 1. The van der Waals surface area contributed by atoms with Gasteiger partial charge in [-0.1, -0.05) is 12.1 Å². The van der Waals surface area contributed by atoms with Crippen molar-refractivity contribution in [3.8, 4) is 5.75 Å². The van der Waals surface area contributed by atoms with Crippen LogP contribution in [0.5, 0.6) is 5.75 Å². The van der Waals surface area contributed by atoms with Crippen LogP contribution in [0, 0.1) is 12.7 Å². The monoisotopic (exact) mass is 212 g/mol. The van der Waals surface area contributed by atoms with Crippen molar-refractivity contribution in [1.29, 1.82) is 0 Å². The van der Waals surface area contributed by atoms with E-state index in [4.69, 9.17) is 9.47 Å². The molecule has 1 atom stereocenters. The second kappa shape index (κ2) is 5.71. The molecule has 0 spiro atoms. The first-order chi connectivity index (χ1) is 7.15. The van der Waals surface area contributed by atoms with Crippen molar-refractivity contribution in [3.05, 3.63) is 29.6 Å². The van der Waals surface area contributed by atoms with Gasteiger partial charge in [0.1, 0.15) is 0 Å². The third-order valence-corrected chi connectivity index (χ3v) is 2.30. The SMILES string of the molecule is CC1CCO1.COc1cccc(C)c1F. The molecule has 1 heterocycles. The van der Waals surface area contributed by atoms with Crippen molar-refractivity contribution in [2.24, 2.45) is 0 Å². The topological polar surface area (TPSA) is 18.5 Å². The van der Waals surface area contributed by atoms with E-state index < -0.39 is 0 Å². The molecule has 1 aliphatic heterocycles. The zero-order valence-corrected chi connectivity index (χ0v) is 9.42. The van der Waals surface area contributed by atoms with Gasteiger partial charge < -0.3 is 9.47 Å². The van der Waals surface area contributed by atoms with Gasteiger partial charge in [-0.2, -0.15) is 0 Å². The Morgan fingerprint density at radius 3 is 2.40 bits per heavy atom. The average molecular weight is 212 g/mol. The molecule has 0 radical (unpaired) electrons. The lowest BCUT2D eigenvalue weighted by molar-refractivity contribution is -0.0375. The lowest BCUT2D eigenvalue weighted by atomic mass is 10.2. The van der Waals surface area contributed by atoms with E-state index in [0.29, 0.717) is 17.4 Å². The fourth-order valence-corrected chi connectivity index (χ4v) is 1.13. The van der Waals surface area contributed by atoms with E-state index in [9.17, 15) is 4.39 Å². The van der Waals surface area contributed by atoms with E-state index in [0.717, 1.165) is 6.61 Å². The molecule has 1 saturated heterocycles. The van der Waals surface area contributed by atoms with Gasteiger partial charge in [-0.3, -0.25) is 0 Å². The fraction of sp³-hybridized carbons (Fsp3) is 0.500. The minimum absolute atomic E-state index is 0.273. The minimum atomic E-state index is -0.273. The van der Waals surface area contributed by atoms with Crippen LogP contribution in [0.1, 0.15) is 18.9 Å². The number of benzene rings is 1. The molecule has 2 rings (SSSR count). The van der Waals surface area contributed by atoms with E-state index >= 15 is 0 Å². The number of aryl methyl sites for hydroxylation is 1. The quantitative estimate of drug-likeness (QED) is 0.712. The van der Waals surface area contributed by atoms with Gasteiger partial charge in [0.25, 0.3) is 0 Å². The summed E-state index contributed by atoms with van der Waals surface area (Å²) < 4.78 is 22.6. The maximum Gasteiger partial charge on any atom is 0.167 e. The molecule has 0 aliphatic carbocycles. The zero-order chi connectivity index (χ0) is 11.3. The van der Waals surface area contributed by atoms with Crippen LogP contribution >= 0.6 is 0 Å². The van der Waals surface area contributed by atoms with Crippen LogP contribution in [0.4, 0.5) is 4.39 Å². The first-order valence-corrected chi connectivity index (χ1v) is 5.06. The lowest BCUT2D eigenvalue weighted by Gasteiger charge is -2.20. The second-order valence-corrected chi connectivity index (χ2v) is 3.56. The van der Waals surface area contributed by atoms with E-state index in [-0.39, 0.29) is 5.82 Å². The summed E-state index contributed by atoms with van der Waals surface area (Å²) in [5.41, 5.74) is 0.611. The first-order valence-electron chi connectivity index (χ1n) is 5.06. The molecule has 1 aliphatic rings. The van der Waals surface area contributed by atoms with Gasteiger partial charge in [-0.25, -0.2) is 4.39 Å². The minimum Gasteiger partial charge on any atom is -0.494 e. The van der Waals surface area contributed by atoms with E-state index in [2.05, 4.69) is 6.92 Å². The highest BCUT2D eigenvalue weighted by Crippen LogP contribution is 2.18. The molecule has 0 saturated carbocycles. The number of ether oxygens (including phenoxy) is 2. The maximum absolute atomic E-state index is 12.9. The summed E-state index contributed by atoms with van der Waals surface area (Å²) in [5.74, 6) is 0.0324. The van der Waals surface area contributed by atoms with E-state index in [1.54, 1.807) is 25.1 Å². The number of hydrogen-bond acceptors (Lipinski definition) is 2. The third-order valence-electron chi connectivity index (χ3n) is 2.30. The number of methoxy groups -OCH3 is 1. The van der Waals surface area contributed by atoms with Crippen molar-refractivity contribution >= 4 is 0 Å². The molecule has 1 aromatic carbocycles. The van der Waals surface area contributed by atoms with Crippen molar-refractivity contribution in [2.75, 3.05) is 13.7 Å². The van der Waals surface area contributed by atoms with Crippen molar-refractivity contribution in [3.63, 3.8) is 0 Å². The van der Waals surface area contributed by atoms with Crippen LogP contribution in [0.3, 0.4) is 0 Å². The molecule has 0 bridgehead atoms. The standard InChI is InChI=1S/C8H9FO.C4H8O/c1-6-4-3-5-7(10-2)8(6)9;1-4-2-3-5-4/h3-5H,1-2H3;4H,2-3H2,1H3. The molecule has 1 fully saturated rings. The summed E-state index contributed by atoms with van der Waals surface area (Å²) in [4.78, 5) is 0. The Hall–Kier alpha value is -1.09. The highest BCUT2D eigenvalue weighted by Gasteiger charge is 2.09. The third kappa shape index (κ3) is 3.51. The van der Waals surface area contributed by atoms with Gasteiger partial charge in [0.05, 0.1) is 13.2 Å². The first kappa shape index (κ1) is 12.0. The van der Waals surface area contributed by atoms with Crippen molar-refractivity contribution < 1.29 is 13.9 Å². The van der Waals surface area contributed by atoms with Gasteiger partial charge in [0.2, 0.25) is 0 Å². The predicted octanol–water partition coefficient (Wildman–Crippen LogP) is 2.94. The van der Waals surface area contributed by atoms with E-state index in [1.165, 1.54) is 13.5 Å². The Morgan fingerprint density at radius 1 is 1.47 bits per heavy atom. The number of hydrogen-bond donors (Lipinski definition) is 0. The summed E-state index contributed by atoms with van der Waals surface area (Å²) in [6, 6.07) is 5.07. The summed E-state index contributed by atoms with van der Waals surface area (Å²) in [6.07, 6.45) is 1.83. The van der Waals surface area contributed by atoms with Crippen molar-refractivity contribution in [1.82, 2.24) is 0 Å². The van der Waals surface area contributed by atoms with Gasteiger partial charge in [0, 0.05) is 6.61 Å². The Kier molecular flexibility index (Phi) is 4.56. The Morgan fingerprint density at radius 2 is 2.07 bits per heavy atom. The smallest absolute Gasteiger partial charge is 0.167 e. The molecule has 3 heteroatoms. The fourth-order valence-electron chi connectivity index (χ4n) is 1.13. The molecular formula is C12H17FO2. The molecule has 1 aromatic rings. The van der Waals surface area contributed by atoms with Crippen LogP contribution < -0.4 is 4.74 Å². The maximum atomic E-state index is 12.9. The molecule has 0 aromatic heterocycles. The second-order valence-electron chi connectivity index (χ2n) is 3.56. The molecule has 84 valence electrons. The van der Waals surface area contributed by atoms with Crippen molar-refractivity contribution in [2.45, 2.75) is 26.4 Å². The lowest BCUT2D eigenvalue weighted by Crippen LogP contribution is -2.22. The molecule has 1 unspecified atom stereocenters. The van der Waals surface area contributed by atoms with Gasteiger partial charge in [-0.15, -0.1) is 0 Å². The van der Waals surface area contributed by atoms with Crippen LogP contribution in [0.2, 0.25) is 0 Å². The normalized spacial score (nSPS) is 18.5. The molecule has 2 nitrogen and oxygen atoms in total. The van der Waals surface area contributed by atoms with Crippen LogP contribution in [0.15, 0.2) is 18.2 Å². The summed E-state index contributed by atoms with van der Waals surface area (Å²) >= 11 is 0. The molecular weight excluding hydrogens is 195 g/mol. The van der Waals surface area contributed by atoms with Crippen LogP contribution in [0.25, 0.3) is 0 Å². The summed E-state index contributed by atoms with van der Waals surface area (Å²) in [6.45, 7) is 4.78. The number of halogens is 1. The molecule has 15 heavy (non-hydrogen) atoms. The zero-order valence-electron chi connectivity index (χ0n) is 9.42.